The second-order valence-electron chi connectivity index (χ2n) is 8.08. The Kier molecular flexibility index (Phi) is 8.03. The molecule has 0 unspecified atom stereocenters. The first kappa shape index (κ1) is 25.6. The fraction of sp³-hybridized carbons (Fsp3) is 0.192. The van der Waals surface area contributed by atoms with E-state index in [1.807, 2.05) is 19.9 Å². The third-order valence-electron chi connectivity index (χ3n) is 5.37. The van der Waals surface area contributed by atoms with Crippen LogP contribution in [0.5, 0.6) is 0 Å². The molecular weight excluding hydrogens is 464 g/mol. The van der Waals surface area contributed by atoms with Crippen LogP contribution >= 0.6 is 0 Å². The number of nitrogens with one attached hydrogen (secondary N) is 2. The topological polar surface area (TPSA) is 108 Å². The van der Waals surface area contributed by atoms with Crippen molar-refractivity contribution < 1.29 is 18.0 Å². The molecule has 0 atom stereocenters. The molecule has 9 heteroatoms. The molecule has 2 amide bonds. The number of hydrogen-bond donors (Lipinski definition) is 2. The molecule has 0 spiro atoms. The van der Waals surface area contributed by atoms with E-state index in [2.05, 4.69) is 15.8 Å². The third-order valence-corrected chi connectivity index (χ3v) is 7.16. The predicted molar refractivity (Wildman–Crippen MR) is 138 cm³/mol. The maximum atomic E-state index is 13.4. The third kappa shape index (κ3) is 6.54. The van der Waals surface area contributed by atoms with Crippen LogP contribution in [0.15, 0.2) is 82.8 Å². The fourth-order valence-corrected chi connectivity index (χ4v) is 4.72. The Bertz CT molecular complexity index is 1350. The number of carbonyl (C=O) groups is 2. The van der Waals surface area contributed by atoms with Crippen molar-refractivity contribution in [2.24, 2.45) is 5.10 Å². The summed E-state index contributed by atoms with van der Waals surface area (Å²) in [5, 5.41) is 6.81. The molecule has 3 rings (SSSR count). The van der Waals surface area contributed by atoms with Gasteiger partial charge in [0.1, 0.15) is 6.54 Å². The van der Waals surface area contributed by atoms with Gasteiger partial charge in [0.15, 0.2) is 0 Å². The molecule has 3 aromatic carbocycles. The van der Waals surface area contributed by atoms with Crippen molar-refractivity contribution in [1.29, 1.82) is 0 Å². The van der Waals surface area contributed by atoms with E-state index in [-0.39, 0.29) is 10.8 Å². The van der Waals surface area contributed by atoms with Crippen molar-refractivity contribution in [2.45, 2.75) is 32.6 Å². The van der Waals surface area contributed by atoms with Crippen LogP contribution in [0.1, 0.15) is 30.5 Å². The average molecular weight is 493 g/mol. The maximum absolute atomic E-state index is 13.4. The van der Waals surface area contributed by atoms with Crippen LogP contribution in [0.3, 0.4) is 0 Å². The van der Waals surface area contributed by atoms with Gasteiger partial charge in [-0.05, 0) is 73.9 Å². The second kappa shape index (κ2) is 11.0. The van der Waals surface area contributed by atoms with Crippen LogP contribution < -0.4 is 15.0 Å². The second-order valence-corrected chi connectivity index (χ2v) is 9.95. The van der Waals surface area contributed by atoms with Crippen LogP contribution in [0, 0.1) is 13.8 Å². The normalized spacial score (nSPS) is 11.6. The molecule has 0 aliphatic heterocycles. The Labute approximate surface area is 205 Å². The van der Waals surface area contributed by atoms with E-state index in [1.165, 1.54) is 19.1 Å². The first-order chi connectivity index (χ1) is 16.6. The molecule has 0 saturated carbocycles. The number of aryl methyl sites for hydroxylation is 2. The number of sulfonamides is 1. The van der Waals surface area contributed by atoms with E-state index in [0.717, 1.165) is 21.0 Å². The van der Waals surface area contributed by atoms with Crippen LogP contribution in [0.4, 0.5) is 11.4 Å². The molecule has 182 valence electrons. The van der Waals surface area contributed by atoms with Crippen molar-refractivity contribution in [3.05, 3.63) is 89.5 Å². The lowest BCUT2D eigenvalue weighted by Crippen LogP contribution is -2.39. The van der Waals surface area contributed by atoms with Crippen LogP contribution in [-0.2, 0) is 19.6 Å². The summed E-state index contributed by atoms with van der Waals surface area (Å²) >= 11 is 0. The molecule has 3 aromatic rings. The minimum absolute atomic E-state index is 0.0879. The van der Waals surface area contributed by atoms with Crippen molar-refractivity contribution in [1.82, 2.24) is 5.43 Å². The Balaban J connectivity index is 1.82. The molecule has 8 nitrogen and oxygen atoms in total. The number of rotatable bonds is 8. The van der Waals surface area contributed by atoms with Crippen molar-refractivity contribution in [3.63, 3.8) is 0 Å². The van der Waals surface area contributed by atoms with Crippen LogP contribution in [0.25, 0.3) is 0 Å². The molecule has 2 N–H and O–H groups in total. The summed E-state index contributed by atoms with van der Waals surface area (Å²) in [6.45, 7) is 6.52. The molecule has 0 fully saturated rings. The van der Waals surface area contributed by atoms with E-state index in [1.54, 1.807) is 61.5 Å². The highest BCUT2D eigenvalue weighted by atomic mass is 32.2. The lowest BCUT2D eigenvalue weighted by Gasteiger charge is -2.24. The first-order valence-corrected chi connectivity index (χ1v) is 12.4. The number of benzene rings is 3. The minimum atomic E-state index is -3.99. The fourth-order valence-electron chi connectivity index (χ4n) is 3.29. The summed E-state index contributed by atoms with van der Waals surface area (Å²) in [6, 6.07) is 20.2. The minimum Gasteiger partial charge on any atom is -0.326 e. The van der Waals surface area contributed by atoms with Gasteiger partial charge in [-0.1, -0.05) is 36.4 Å². The summed E-state index contributed by atoms with van der Waals surface area (Å²) in [6.07, 6.45) is 0. The highest BCUT2D eigenvalue weighted by Crippen LogP contribution is 2.25. The monoisotopic (exact) mass is 492 g/mol. The van der Waals surface area contributed by atoms with E-state index in [9.17, 15) is 18.0 Å². The number of carbonyl (C=O) groups excluding carboxylic acids is 2. The van der Waals surface area contributed by atoms with Gasteiger partial charge in [-0.2, -0.15) is 5.10 Å². The van der Waals surface area contributed by atoms with Gasteiger partial charge in [0.25, 0.3) is 15.9 Å². The maximum Gasteiger partial charge on any atom is 0.264 e. The van der Waals surface area contributed by atoms with Crippen LogP contribution in [-0.4, -0.2) is 32.5 Å². The molecule has 0 bridgehead atoms. The smallest absolute Gasteiger partial charge is 0.264 e. The number of nitrogens with zero attached hydrogens (tertiary/aromatic N) is 2. The molecule has 0 aromatic heterocycles. The van der Waals surface area contributed by atoms with Crippen molar-refractivity contribution in [2.75, 3.05) is 16.2 Å². The SMILES string of the molecule is CC(=O)Nc1ccc(/C(C)=N\NC(=O)CN(c2ccc(C)c(C)c2)S(=O)(=O)c2ccccc2)cc1. The average Bonchev–Trinajstić information content (AvgIpc) is 2.83. The Morgan fingerprint density at radius 3 is 2.14 bits per heavy atom. The lowest BCUT2D eigenvalue weighted by atomic mass is 10.1. The van der Waals surface area contributed by atoms with Gasteiger partial charge in [0, 0.05) is 12.6 Å². The molecule has 0 radical (unpaired) electrons. The van der Waals surface area contributed by atoms with Gasteiger partial charge in [0.2, 0.25) is 5.91 Å². The zero-order valence-corrected chi connectivity index (χ0v) is 20.9. The Morgan fingerprint density at radius 2 is 1.54 bits per heavy atom. The lowest BCUT2D eigenvalue weighted by molar-refractivity contribution is -0.119. The molecule has 35 heavy (non-hydrogen) atoms. The van der Waals surface area contributed by atoms with E-state index < -0.39 is 22.5 Å². The number of anilines is 2. The molecule has 0 aliphatic carbocycles. The largest absolute Gasteiger partial charge is 0.326 e. The number of hydrogen-bond acceptors (Lipinski definition) is 5. The molecular formula is C26H28N4O4S. The molecule has 0 saturated heterocycles. The van der Waals surface area contributed by atoms with Crippen molar-refractivity contribution >= 4 is 38.9 Å². The van der Waals surface area contributed by atoms with E-state index in [0.29, 0.717) is 17.1 Å². The predicted octanol–water partition coefficient (Wildman–Crippen LogP) is 4.00. The van der Waals surface area contributed by atoms with Gasteiger partial charge >= 0.3 is 0 Å². The summed E-state index contributed by atoms with van der Waals surface area (Å²) < 4.78 is 27.9. The van der Waals surface area contributed by atoms with E-state index in [4.69, 9.17) is 0 Å². The molecule has 0 heterocycles. The van der Waals surface area contributed by atoms with Gasteiger partial charge in [-0.3, -0.25) is 13.9 Å². The number of hydrazone groups is 1. The first-order valence-electron chi connectivity index (χ1n) is 10.9. The molecule has 0 aliphatic rings. The highest BCUT2D eigenvalue weighted by molar-refractivity contribution is 7.92. The van der Waals surface area contributed by atoms with Gasteiger partial charge in [-0.25, -0.2) is 13.8 Å². The Morgan fingerprint density at radius 1 is 0.886 bits per heavy atom. The highest BCUT2D eigenvalue weighted by Gasteiger charge is 2.27. The van der Waals surface area contributed by atoms with Gasteiger partial charge in [-0.15, -0.1) is 0 Å². The van der Waals surface area contributed by atoms with Crippen LogP contribution in [0.2, 0.25) is 0 Å². The zero-order valence-electron chi connectivity index (χ0n) is 20.1. The Hall–Kier alpha value is -3.98. The summed E-state index contributed by atoms with van der Waals surface area (Å²) in [7, 11) is -3.99. The zero-order chi connectivity index (χ0) is 25.6. The summed E-state index contributed by atoms with van der Waals surface area (Å²) in [5.74, 6) is -0.758. The summed E-state index contributed by atoms with van der Waals surface area (Å²) in [4.78, 5) is 24.1. The standard InChI is InChI=1S/C26H28N4O4S/c1-18-10-15-24(16-19(18)2)30(35(33,34)25-8-6-5-7-9-25)17-26(32)29-28-20(3)22-11-13-23(14-12-22)27-21(4)31/h5-16H,17H2,1-4H3,(H,27,31)(H,29,32)/b28-20-. The quantitative estimate of drug-likeness (QED) is 0.366. The van der Waals surface area contributed by atoms with Crippen molar-refractivity contribution in [3.8, 4) is 0 Å². The summed E-state index contributed by atoms with van der Waals surface area (Å²) in [5.41, 5.74) is 6.67. The van der Waals surface area contributed by atoms with E-state index >= 15 is 0 Å². The van der Waals surface area contributed by atoms with Gasteiger partial charge < -0.3 is 5.32 Å². The van der Waals surface area contributed by atoms with Gasteiger partial charge in [0.05, 0.1) is 16.3 Å². The number of amides is 2.